The summed E-state index contributed by atoms with van der Waals surface area (Å²) in [5.74, 6) is 0.0655. The standard InChI is InChI=1S/C27H23IN2O6/c1-16-4-6-17(7-5-16)15-36-24-22(28)13-18(14-23(24)35-3)12-21-25(31)29-27(33)30(26(21)32)19-8-10-20(34-2)11-9-19/h4-14H,15H2,1-3H3,(H,29,31,33)/b21-12+. The minimum Gasteiger partial charge on any atom is -0.497 e. The second-order valence-corrected chi connectivity index (χ2v) is 9.13. The van der Waals surface area contributed by atoms with E-state index in [0.29, 0.717) is 35.1 Å². The number of anilines is 1. The van der Waals surface area contributed by atoms with Crippen LogP contribution in [0.3, 0.4) is 0 Å². The molecule has 3 aromatic rings. The van der Waals surface area contributed by atoms with Gasteiger partial charge in [-0.25, -0.2) is 9.69 Å². The van der Waals surface area contributed by atoms with Gasteiger partial charge in [0.1, 0.15) is 17.9 Å². The number of aryl methyl sites for hydroxylation is 1. The van der Waals surface area contributed by atoms with Gasteiger partial charge in [-0.05, 0) is 83.1 Å². The molecule has 1 aliphatic rings. The molecule has 3 aromatic carbocycles. The number of hydrogen-bond acceptors (Lipinski definition) is 6. The van der Waals surface area contributed by atoms with Crippen molar-refractivity contribution in [3.63, 3.8) is 0 Å². The van der Waals surface area contributed by atoms with Gasteiger partial charge in [-0.2, -0.15) is 0 Å². The fraction of sp³-hybridized carbons (Fsp3) is 0.148. The molecule has 0 radical (unpaired) electrons. The van der Waals surface area contributed by atoms with Crippen molar-refractivity contribution in [2.24, 2.45) is 0 Å². The first kappa shape index (κ1) is 25.2. The Morgan fingerprint density at radius 1 is 0.944 bits per heavy atom. The molecule has 0 unspecified atom stereocenters. The molecule has 184 valence electrons. The lowest BCUT2D eigenvalue weighted by molar-refractivity contribution is -0.122. The molecular formula is C27H23IN2O6. The van der Waals surface area contributed by atoms with E-state index in [0.717, 1.165) is 19.6 Å². The normalized spacial score (nSPS) is 14.6. The van der Waals surface area contributed by atoms with Gasteiger partial charge in [-0.15, -0.1) is 0 Å². The van der Waals surface area contributed by atoms with Gasteiger partial charge in [0, 0.05) is 0 Å². The molecule has 1 aliphatic heterocycles. The van der Waals surface area contributed by atoms with Crippen LogP contribution in [0, 0.1) is 10.5 Å². The molecule has 1 N–H and O–H groups in total. The van der Waals surface area contributed by atoms with Crippen LogP contribution in [0.15, 0.2) is 66.2 Å². The number of methoxy groups -OCH3 is 2. The second kappa shape index (κ2) is 10.8. The topological polar surface area (TPSA) is 94.2 Å². The molecule has 36 heavy (non-hydrogen) atoms. The van der Waals surface area contributed by atoms with Gasteiger partial charge in [0.05, 0.1) is 23.5 Å². The maximum Gasteiger partial charge on any atom is 0.335 e. The van der Waals surface area contributed by atoms with Crippen molar-refractivity contribution < 1.29 is 28.6 Å². The number of carbonyl (C=O) groups excluding carboxylic acids is 3. The van der Waals surface area contributed by atoms with E-state index in [-0.39, 0.29) is 5.57 Å². The number of imide groups is 2. The quantitative estimate of drug-likeness (QED) is 0.237. The Bertz CT molecular complexity index is 1350. The van der Waals surface area contributed by atoms with E-state index in [1.54, 1.807) is 36.4 Å². The summed E-state index contributed by atoms with van der Waals surface area (Å²) in [7, 11) is 3.03. The smallest absolute Gasteiger partial charge is 0.335 e. The Balaban J connectivity index is 1.62. The van der Waals surface area contributed by atoms with Crippen LogP contribution < -0.4 is 24.4 Å². The van der Waals surface area contributed by atoms with Gasteiger partial charge in [-0.3, -0.25) is 14.9 Å². The van der Waals surface area contributed by atoms with Crippen molar-refractivity contribution >= 4 is 52.2 Å². The van der Waals surface area contributed by atoms with Crippen molar-refractivity contribution in [3.05, 3.63) is 86.5 Å². The lowest BCUT2D eigenvalue weighted by atomic mass is 10.1. The lowest BCUT2D eigenvalue weighted by Gasteiger charge is -2.26. The first-order valence-corrected chi connectivity index (χ1v) is 12.0. The number of hydrogen-bond donors (Lipinski definition) is 1. The summed E-state index contributed by atoms with van der Waals surface area (Å²) in [6.45, 7) is 2.38. The molecule has 0 saturated carbocycles. The summed E-state index contributed by atoms with van der Waals surface area (Å²) >= 11 is 2.11. The number of nitrogens with zero attached hydrogens (tertiary/aromatic N) is 1. The number of barbiturate groups is 1. The molecule has 4 amide bonds. The molecule has 0 bridgehead atoms. The Morgan fingerprint density at radius 2 is 1.64 bits per heavy atom. The summed E-state index contributed by atoms with van der Waals surface area (Å²) in [5, 5.41) is 2.22. The first-order valence-electron chi connectivity index (χ1n) is 10.9. The number of carbonyl (C=O) groups is 3. The van der Waals surface area contributed by atoms with Gasteiger partial charge < -0.3 is 14.2 Å². The molecule has 8 nitrogen and oxygen atoms in total. The fourth-order valence-corrected chi connectivity index (χ4v) is 4.37. The van der Waals surface area contributed by atoms with Crippen molar-refractivity contribution in [2.45, 2.75) is 13.5 Å². The van der Waals surface area contributed by atoms with E-state index in [1.165, 1.54) is 20.3 Å². The third-order valence-corrected chi connectivity index (χ3v) is 6.30. The Labute approximate surface area is 222 Å². The van der Waals surface area contributed by atoms with Gasteiger partial charge in [0.2, 0.25) is 0 Å². The van der Waals surface area contributed by atoms with Gasteiger partial charge in [0.15, 0.2) is 11.5 Å². The number of rotatable bonds is 7. The van der Waals surface area contributed by atoms with E-state index in [1.807, 2.05) is 31.2 Å². The zero-order chi connectivity index (χ0) is 25.8. The summed E-state index contributed by atoms with van der Waals surface area (Å²) in [6, 6.07) is 17.0. The van der Waals surface area contributed by atoms with Crippen LogP contribution in [0.2, 0.25) is 0 Å². The average molecular weight is 598 g/mol. The van der Waals surface area contributed by atoms with E-state index >= 15 is 0 Å². The predicted octanol–water partition coefficient (Wildman–Crippen LogP) is 4.86. The van der Waals surface area contributed by atoms with E-state index < -0.39 is 17.8 Å². The van der Waals surface area contributed by atoms with Crippen LogP contribution in [-0.4, -0.2) is 32.1 Å². The number of amides is 4. The van der Waals surface area contributed by atoms with Crippen molar-refractivity contribution in [1.29, 1.82) is 0 Å². The maximum atomic E-state index is 13.2. The monoisotopic (exact) mass is 598 g/mol. The average Bonchev–Trinajstić information content (AvgIpc) is 2.87. The SMILES string of the molecule is COc1ccc(N2C(=O)NC(=O)/C(=C\c3cc(I)c(OCc4ccc(C)cc4)c(OC)c3)C2=O)cc1. The number of ether oxygens (including phenoxy) is 3. The van der Waals surface area contributed by atoms with E-state index in [2.05, 4.69) is 27.9 Å². The van der Waals surface area contributed by atoms with Crippen LogP contribution in [-0.2, 0) is 16.2 Å². The minimum atomic E-state index is -0.820. The Morgan fingerprint density at radius 3 is 2.28 bits per heavy atom. The largest absolute Gasteiger partial charge is 0.497 e. The molecular weight excluding hydrogens is 575 g/mol. The summed E-state index contributed by atoms with van der Waals surface area (Å²) < 4.78 is 17.4. The van der Waals surface area contributed by atoms with Crippen molar-refractivity contribution in [2.75, 3.05) is 19.1 Å². The fourth-order valence-electron chi connectivity index (χ4n) is 3.59. The summed E-state index contributed by atoms with van der Waals surface area (Å²) in [6.07, 6.45) is 1.43. The number of nitrogens with one attached hydrogen (secondary N) is 1. The van der Waals surface area contributed by atoms with Crippen LogP contribution in [0.4, 0.5) is 10.5 Å². The molecule has 4 rings (SSSR count). The van der Waals surface area contributed by atoms with Crippen LogP contribution in [0.5, 0.6) is 17.2 Å². The van der Waals surface area contributed by atoms with Crippen molar-refractivity contribution in [1.82, 2.24) is 5.32 Å². The maximum absolute atomic E-state index is 13.2. The number of benzene rings is 3. The number of halogens is 1. The zero-order valence-corrected chi connectivity index (χ0v) is 22.0. The second-order valence-electron chi connectivity index (χ2n) is 7.96. The molecule has 0 aromatic heterocycles. The van der Waals surface area contributed by atoms with Gasteiger partial charge in [0.25, 0.3) is 11.8 Å². The predicted molar refractivity (Wildman–Crippen MR) is 143 cm³/mol. The third kappa shape index (κ3) is 5.35. The minimum absolute atomic E-state index is 0.184. The summed E-state index contributed by atoms with van der Waals surface area (Å²) in [5.41, 5.74) is 2.84. The molecule has 0 atom stereocenters. The highest BCUT2D eigenvalue weighted by atomic mass is 127. The Hall–Kier alpha value is -3.86. The number of urea groups is 1. The van der Waals surface area contributed by atoms with Crippen LogP contribution >= 0.6 is 22.6 Å². The molecule has 0 aliphatic carbocycles. The highest BCUT2D eigenvalue weighted by Gasteiger charge is 2.36. The van der Waals surface area contributed by atoms with Crippen LogP contribution in [0.25, 0.3) is 6.08 Å². The highest BCUT2D eigenvalue weighted by molar-refractivity contribution is 14.1. The van der Waals surface area contributed by atoms with E-state index in [9.17, 15) is 14.4 Å². The van der Waals surface area contributed by atoms with Gasteiger partial charge >= 0.3 is 6.03 Å². The summed E-state index contributed by atoms with van der Waals surface area (Å²) in [4.78, 5) is 39.1. The zero-order valence-electron chi connectivity index (χ0n) is 19.8. The molecule has 1 heterocycles. The van der Waals surface area contributed by atoms with Gasteiger partial charge in [-0.1, -0.05) is 29.8 Å². The Kier molecular flexibility index (Phi) is 7.58. The third-order valence-electron chi connectivity index (χ3n) is 5.50. The first-order chi connectivity index (χ1) is 17.3. The highest BCUT2D eigenvalue weighted by Crippen LogP contribution is 2.35. The van der Waals surface area contributed by atoms with Crippen LogP contribution in [0.1, 0.15) is 16.7 Å². The van der Waals surface area contributed by atoms with E-state index in [4.69, 9.17) is 14.2 Å². The molecule has 1 fully saturated rings. The van der Waals surface area contributed by atoms with Crippen molar-refractivity contribution in [3.8, 4) is 17.2 Å². The molecule has 1 saturated heterocycles. The molecule has 0 spiro atoms. The molecule has 9 heteroatoms. The lowest BCUT2D eigenvalue weighted by Crippen LogP contribution is -2.54.